The second kappa shape index (κ2) is 4.54. The number of benzene rings is 1. The SMILES string of the molecule is Cc1cc(C(=O)NN)cc(C(=O)NN)c1. The van der Waals surface area contributed by atoms with Crippen LogP contribution in [-0.2, 0) is 0 Å². The highest BCUT2D eigenvalue weighted by molar-refractivity contribution is 5.99. The Morgan fingerprint density at radius 1 is 1.00 bits per heavy atom. The zero-order valence-electron chi connectivity index (χ0n) is 8.20. The maximum absolute atomic E-state index is 11.2. The van der Waals surface area contributed by atoms with E-state index in [4.69, 9.17) is 11.7 Å². The molecule has 80 valence electrons. The molecular weight excluding hydrogens is 196 g/mol. The molecule has 0 aliphatic carbocycles. The van der Waals surface area contributed by atoms with Gasteiger partial charge in [0.05, 0.1) is 0 Å². The molecule has 0 saturated carbocycles. The fraction of sp³-hybridized carbons (Fsp3) is 0.111. The third-order valence-corrected chi connectivity index (χ3v) is 1.86. The number of nitrogen functional groups attached to an aromatic ring is 2. The van der Waals surface area contributed by atoms with E-state index >= 15 is 0 Å². The summed E-state index contributed by atoms with van der Waals surface area (Å²) in [6.45, 7) is 1.76. The second-order valence-corrected chi connectivity index (χ2v) is 3.03. The third-order valence-electron chi connectivity index (χ3n) is 1.86. The van der Waals surface area contributed by atoms with Crippen LogP contribution in [0.15, 0.2) is 18.2 Å². The molecule has 0 fully saturated rings. The van der Waals surface area contributed by atoms with Gasteiger partial charge in [0.2, 0.25) is 0 Å². The molecule has 2 amide bonds. The van der Waals surface area contributed by atoms with Crippen molar-refractivity contribution in [3.63, 3.8) is 0 Å². The zero-order valence-corrected chi connectivity index (χ0v) is 8.20. The number of aryl methyl sites for hydroxylation is 1. The molecule has 1 rings (SSSR count). The number of hydrazine groups is 2. The molecule has 1 aromatic rings. The monoisotopic (exact) mass is 208 g/mol. The number of carbonyl (C=O) groups excluding carboxylic acids is 2. The lowest BCUT2D eigenvalue weighted by Crippen LogP contribution is -2.32. The van der Waals surface area contributed by atoms with Gasteiger partial charge in [0, 0.05) is 11.1 Å². The molecule has 0 heterocycles. The smallest absolute Gasteiger partial charge is 0.265 e. The quantitative estimate of drug-likeness (QED) is 0.290. The molecule has 15 heavy (non-hydrogen) atoms. The summed E-state index contributed by atoms with van der Waals surface area (Å²) in [4.78, 5) is 22.5. The van der Waals surface area contributed by atoms with E-state index in [1.54, 1.807) is 19.1 Å². The Morgan fingerprint density at radius 3 is 1.73 bits per heavy atom. The van der Waals surface area contributed by atoms with Crippen molar-refractivity contribution in [3.8, 4) is 0 Å². The fourth-order valence-electron chi connectivity index (χ4n) is 1.21. The molecule has 6 nitrogen and oxygen atoms in total. The molecule has 0 spiro atoms. The number of rotatable bonds is 2. The van der Waals surface area contributed by atoms with Crippen molar-refractivity contribution in [3.05, 3.63) is 34.9 Å². The number of amides is 2. The van der Waals surface area contributed by atoms with E-state index in [0.717, 1.165) is 5.56 Å². The second-order valence-electron chi connectivity index (χ2n) is 3.03. The first kappa shape index (κ1) is 11.2. The minimum atomic E-state index is -0.454. The first-order valence-corrected chi connectivity index (χ1v) is 4.22. The fourth-order valence-corrected chi connectivity index (χ4v) is 1.21. The lowest BCUT2D eigenvalue weighted by Gasteiger charge is -2.05. The molecule has 0 aromatic heterocycles. The van der Waals surface area contributed by atoms with Gasteiger partial charge in [-0.1, -0.05) is 0 Å². The minimum Gasteiger partial charge on any atom is -0.290 e. The molecule has 0 atom stereocenters. The summed E-state index contributed by atoms with van der Waals surface area (Å²) in [5, 5.41) is 0. The molecule has 0 saturated heterocycles. The Kier molecular flexibility index (Phi) is 3.37. The molecule has 0 radical (unpaired) electrons. The first-order valence-electron chi connectivity index (χ1n) is 4.22. The van der Waals surface area contributed by atoms with Gasteiger partial charge in [-0.05, 0) is 30.7 Å². The number of carbonyl (C=O) groups is 2. The summed E-state index contributed by atoms with van der Waals surface area (Å²) in [5.74, 6) is 9.07. The summed E-state index contributed by atoms with van der Waals surface area (Å²) >= 11 is 0. The van der Waals surface area contributed by atoms with E-state index in [2.05, 4.69) is 0 Å². The van der Waals surface area contributed by atoms with E-state index < -0.39 is 11.8 Å². The molecular formula is C9H12N4O2. The lowest BCUT2D eigenvalue weighted by molar-refractivity contribution is 0.0953. The van der Waals surface area contributed by atoms with Crippen molar-refractivity contribution < 1.29 is 9.59 Å². The van der Waals surface area contributed by atoms with Crippen LogP contribution in [-0.4, -0.2) is 11.8 Å². The number of nitrogens with one attached hydrogen (secondary N) is 2. The molecule has 0 unspecified atom stereocenters. The summed E-state index contributed by atoms with van der Waals surface area (Å²) in [7, 11) is 0. The van der Waals surface area contributed by atoms with Crippen molar-refractivity contribution in [2.45, 2.75) is 6.92 Å². The van der Waals surface area contributed by atoms with E-state index in [9.17, 15) is 9.59 Å². The molecule has 6 heteroatoms. The van der Waals surface area contributed by atoms with E-state index in [0.29, 0.717) is 11.1 Å². The summed E-state index contributed by atoms with van der Waals surface area (Å²) in [6, 6.07) is 4.66. The maximum Gasteiger partial charge on any atom is 0.265 e. The average molecular weight is 208 g/mol. The number of hydrogen-bond acceptors (Lipinski definition) is 4. The maximum atomic E-state index is 11.2. The van der Waals surface area contributed by atoms with Gasteiger partial charge in [-0.25, -0.2) is 11.7 Å². The highest BCUT2D eigenvalue weighted by Gasteiger charge is 2.09. The minimum absolute atomic E-state index is 0.316. The summed E-state index contributed by atoms with van der Waals surface area (Å²) < 4.78 is 0. The van der Waals surface area contributed by atoms with Crippen LogP contribution in [0.4, 0.5) is 0 Å². The third kappa shape index (κ3) is 2.52. The van der Waals surface area contributed by atoms with Crippen LogP contribution in [0.1, 0.15) is 26.3 Å². The Hall–Kier alpha value is -1.92. The Balaban J connectivity index is 3.16. The van der Waals surface area contributed by atoms with E-state index in [-0.39, 0.29) is 0 Å². The van der Waals surface area contributed by atoms with Crippen molar-refractivity contribution in [1.82, 2.24) is 10.9 Å². The van der Waals surface area contributed by atoms with Gasteiger partial charge in [-0.3, -0.25) is 20.4 Å². The van der Waals surface area contributed by atoms with Crippen LogP contribution in [0, 0.1) is 6.92 Å². The Morgan fingerprint density at radius 2 is 1.40 bits per heavy atom. The van der Waals surface area contributed by atoms with Gasteiger partial charge < -0.3 is 0 Å². The summed E-state index contributed by atoms with van der Waals surface area (Å²) in [6.07, 6.45) is 0. The molecule has 1 aromatic carbocycles. The predicted molar refractivity (Wildman–Crippen MR) is 54.5 cm³/mol. The van der Waals surface area contributed by atoms with Crippen LogP contribution in [0.2, 0.25) is 0 Å². The van der Waals surface area contributed by atoms with Crippen LogP contribution >= 0.6 is 0 Å². The number of hydrogen-bond donors (Lipinski definition) is 4. The molecule has 0 aliphatic rings. The van der Waals surface area contributed by atoms with Crippen molar-refractivity contribution in [2.75, 3.05) is 0 Å². The topological polar surface area (TPSA) is 110 Å². The Bertz CT molecular complexity index is 369. The normalized spacial score (nSPS) is 9.53. The zero-order chi connectivity index (χ0) is 11.4. The van der Waals surface area contributed by atoms with E-state index in [1.807, 2.05) is 10.9 Å². The van der Waals surface area contributed by atoms with Crippen molar-refractivity contribution in [2.24, 2.45) is 11.7 Å². The van der Waals surface area contributed by atoms with Crippen molar-refractivity contribution >= 4 is 11.8 Å². The van der Waals surface area contributed by atoms with Gasteiger partial charge in [-0.2, -0.15) is 0 Å². The average Bonchev–Trinajstić information content (AvgIpc) is 2.26. The highest BCUT2D eigenvalue weighted by Crippen LogP contribution is 2.09. The van der Waals surface area contributed by atoms with Crippen LogP contribution < -0.4 is 22.5 Å². The standard InChI is InChI=1S/C9H12N4O2/c1-5-2-6(8(14)12-10)4-7(3-5)9(15)13-11/h2-4H,10-11H2,1H3,(H,12,14)(H,13,15). The van der Waals surface area contributed by atoms with Gasteiger partial charge >= 0.3 is 0 Å². The molecule has 0 aliphatic heterocycles. The van der Waals surface area contributed by atoms with Crippen molar-refractivity contribution in [1.29, 1.82) is 0 Å². The van der Waals surface area contributed by atoms with Gasteiger partial charge in [0.15, 0.2) is 0 Å². The summed E-state index contributed by atoms with van der Waals surface area (Å²) in [5.41, 5.74) is 5.39. The number of nitrogens with two attached hydrogens (primary N) is 2. The predicted octanol–water partition coefficient (Wildman–Crippen LogP) is -0.798. The Labute approximate surface area is 86.6 Å². The molecule has 0 bridgehead atoms. The van der Waals surface area contributed by atoms with Crippen LogP contribution in [0.25, 0.3) is 0 Å². The first-order chi connectivity index (χ1) is 7.08. The van der Waals surface area contributed by atoms with Crippen LogP contribution in [0.5, 0.6) is 0 Å². The van der Waals surface area contributed by atoms with Gasteiger partial charge in [0.25, 0.3) is 11.8 Å². The van der Waals surface area contributed by atoms with Gasteiger partial charge in [-0.15, -0.1) is 0 Å². The van der Waals surface area contributed by atoms with E-state index in [1.165, 1.54) is 6.07 Å². The van der Waals surface area contributed by atoms with Gasteiger partial charge in [0.1, 0.15) is 0 Å². The largest absolute Gasteiger partial charge is 0.290 e. The molecule has 6 N–H and O–H groups in total. The lowest BCUT2D eigenvalue weighted by atomic mass is 10.1. The highest BCUT2D eigenvalue weighted by atomic mass is 16.2. The van der Waals surface area contributed by atoms with Crippen LogP contribution in [0.3, 0.4) is 0 Å².